The van der Waals surface area contributed by atoms with E-state index in [0.717, 1.165) is 0 Å². The van der Waals surface area contributed by atoms with Gasteiger partial charge in [-0.2, -0.15) is 0 Å². The number of ketones is 1. The quantitative estimate of drug-likeness (QED) is 0.634. The Kier molecular flexibility index (Phi) is 3.35. The van der Waals surface area contributed by atoms with Crippen LogP contribution in [0, 0.1) is 5.92 Å². The summed E-state index contributed by atoms with van der Waals surface area (Å²) in [5.74, 6) is 0.641. The summed E-state index contributed by atoms with van der Waals surface area (Å²) in [6.45, 7) is 11.0. The van der Waals surface area contributed by atoms with Crippen LogP contribution in [0.25, 0.3) is 0 Å². The summed E-state index contributed by atoms with van der Waals surface area (Å²) in [7, 11) is -1.20. The van der Waals surface area contributed by atoms with Gasteiger partial charge in [-0.15, -0.1) is 0 Å². The molecule has 1 nitrogen and oxygen atoms in total. The van der Waals surface area contributed by atoms with Crippen LogP contribution in [0.2, 0.25) is 19.6 Å². The summed E-state index contributed by atoms with van der Waals surface area (Å²) in [5.41, 5.74) is 1.50. The van der Waals surface area contributed by atoms with Crippen LogP contribution in [0.4, 0.5) is 0 Å². The standard InChI is InChI=1S/C12H22OSi/c1-6-7-8-10-11(9(2)13)12(10)14(3,4)5/h11H,6-8H2,1-5H3. The highest BCUT2D eigenvalue weighted by molar-refractivity contribution is 6.85. The number of allylic oxidation sites excluding steroid dienone is 2. The van der Waals surface area contributed by atoms with E-state index in [9.17, 15) is 4.79 Å². The molecule has 0 N–H and O–H groups in total. The molecule has 0 aromatic carbocycles. The van der Waals surface area contributed by atoms with Crippen molar-refractivity contribution >= 4 is 13.9 Å². The zero-order chi connectivity index (χ0) is 10.9. The lowest BCUT2D eigenvalue weighted by Crippen LogP contribution is -2.21. The molecule has 1 aliphatic carbocycles. The Morgan fingerprint density at radius 1 is 1.36 bits per heavy atom. The zero-order valence-electron chi connectivity index (χ0n) is 10.1. The monoisotopic (exact) mass is 210 g/mol. The van der Waals surface area contributed by atoms with Crippen LogP contribution in [0.3, 0.4) is 0 Å². The van der Waals surface area contributed by atoms with Crippen molar-refractivity contribution in [3.05, 3.63) is 10.8 Å². The number of rotatable bonds is 5. The smallest absolute Gasteiger partial charge is 0.140 e. The van der Waals surface area contributed by atoms with Crippen LogP contribution in [0.1, 0.15) is 33.1 Å². The Morgan fingerprint density at radius 3 is 2.21 bits per heavy atom. The zero-order valence-corrected chi connectivity index (χ0v) is 11.1. The number of hydrogen-bond acceptors (Lipinski definition) is 1. The van der Waals surface area contributed by atoms with Crippen molar-refractivity contribution < 1.29 is 4.79 Å². The topological polar surface area (TPSA) is 17.1 Å². The summed E-state index contributed by atoms with van der Waals surface area (Å²) in [6.07, 6.45) is 3.64. The first-order valence-corrected chi connectivity index (χ1v) is 9.13. The molecule has 0 aromatic heterocycles. The number of unbranched alkanes of at least 4 members (excludes halogenated alkanes) is 1. The highest BCUT2D eigenvalue weighted by Gasteiger charge is 2.45. The number of carbonyl (C=O) groups excluding carboxylic acids is 1. The van der Waals surface area contributed by atoms with Crippen molar-refractivity contribution in [2.45, 2.75) is 52.8 Å². The summed E-state index contributed by atoms with van der Waals surface area (Å²) < 4.78 is 0. The largest absolute Gasteiger partial charge is 0.299 e. The third-order valence-electron chi connectivity index (χ3n) is 2.91. The van der Waals surface area contributed by atoms with E-state index in [1.165, 1.54) is 24.8 Å². The molecule has 0 heterocycles. The molecule has 1 unspecified atom stereocenters. The van der Waals surface area contributed by atoms with E-state index in [1.807, 2.05) is 0 Å². The molecule has 80 valence electrons. The Morgan fingerprint density at radius 2 is 1.93 bits per heavy atom. The average Bonchev–Trinajstić information content (AvgIpc) is 2.73. The molecule has 1 aliphatic rings. The Balaban J connectivity index is 2.68. The molecule has 0 radical (unpaired) electrons. The molecule has 1 atom stereocenters. The molecule has 0 bridgehead atoms. The van der Waals surface area contributed by atoms with Crippen LogP contribution >= 0.6 is 0 Å². The lowest BCUT2D eigenvalue weighted by atomic mass is 10.1. The molecule has 1 rings (SSSR count). The van der Waals surface area contributed by atoms with Crippen LogP contribution < -0.4 is 0 Å². The predicted octanol–water partition coefficient (Wildman–Crippen LogP) is 3.57. The number of Topliss-reactive ketones (excluding diaryl/α,β-unsaturated/α-hetero) is 1. The fourth-order valence-electron chi connectivity index (χ4n) is 2.28. The molecule has 14 heavy (non-hydrogen) atoms. The van der Waals surface area contributed by atoms with Gasteiger partial charge in [0.25, 0.3) is 0 Å². The molecule has 2 heteroatoms. The van der Waals surface area contributed by atoms with Gasteiger partial charge in [-0.25, -0.2) is 0 Å². The third-order valence-corrected chi connectivity index (χ3v) is 5.14. The van der Waals surface area contributed by atoms with Crippen LogP contribution in [-0.2, 0) is 4.79 Å². The van der Waals surface area contributed by atoms with Crippen LogP contribution in [-0.4, -0.2) is 13.9 Å². The first-order chi connectivity index (χ1) is 6.39. The number of carbonyl (C=O) groups is 1. The summed E-state index contributed by atoms with van der Waals surface area (Å²) in [4.78, 5) is 11.4. The molecule has 0 spiro atoms. The molecular weight excluding hydrogens is 188 g/mol. The Hall–Kier alpha value is -0.373. The third kappa shape index (κ3) is 2.35. The van der Waals surface area contributed by atoms with E-state index in [-0.39, 0.29) is 5.92 Å². The van der Waals surface area contributed by atoms with E-state index in [4.69, 9.17) is 0 Å². The lowest BCUT2D eigenvalue weighted by molar-refractivity contribution is -0.117. The van der Waals surface area contributed by atoms with Gasteiger partial charge in [0.05, 0.1) is 14.0 Å². The van der Waals surface area contributed by atoms with E-state index >= 15 is 0 Å². The van der Waals surface area contributed by atoms with Crippen LogP contribution in [0.15, 0.2) is 10.8 Å². The minimum Gasteiger partial charge on any atom is -0.299 e. The first-order valence-electron chi connectivity index (χ1n) is 5.63. The maximum absolute atomic E-state index is 11.4. The highest BCUT2D eigenvalue weighted by atomic mass is 28.3. The van der Waals surface area contributed by atoms with Gasteiger partial charge in [0.15, 0.2) is 0 Å². The minimum atomic E-state index is -1.20. The Labute approximate surface area is 88.6 Å². The van der Waals surface area contributed by atoms with Gasteiger partial charge in [0.1, 0.15) is 5.78 Å². The lowest BCUT2D eigenvalue weighted by Gasteiger charge is -2.11. The van der Waals surface area contributed by atoms with Gasteiger partial charge in [0, 0.05) is 0 Å². The first kappa shape index (κ1) is 11.7. The second kappa shape index (κ2) is 4.01. The fourth-order valence-corrected chi connectivity index (χ4v) is 4.68. The second-order valence-corrected chi connectivity index (χ2v) is 10.4. The van der Waals surface area contributed by atoms with E-state index in [0.29, 0.717) is 5.78 Å². The van der Waals surface area contributed by atoms with Gasteiger partial charge in [-0.05, 0) is 19.8 Å². The van der Waals surface area contributed by atoms with Gasteiger partial charge in [-0.3, -0.25) is 4.79 Å². The normalized spacial score (nSPS) is 21.4. The summed E-state index contributed by atoms with van der Waals surface area (Å²) in [6, 6.07) is 0. The predicted molar refractivity (Wildman–Crippen MR) is 64.1 cm³/mol. The molecule has 0 amide bonds. The van der Waals surface area contributed by atoms with Crippen molar-refractivity contribution in [2.24, 2.45) is 5.92 Å². The molecule has 0 aliphatic heterocycles. The molecular formula is C12H22OSi. The van der Waals surface area contributed by atoms with Crippen molar-refractivity contribution in [1.82, 2.24) is 0 Å². The summed E-state index contributed by atoms with van der Waals surface area (Å²) in [5, 5.41) is 1.55. The van der Waals surface area contributed by atoms with Crippen LogP contribution in [0.5, 0.6) is 0 Å². The van der Waals surface area contributed by atoms with Crippen molar-refractivity contribution in [3.8, 4) is 0 Å². The Bertz CT molecular complexity index is 271. The molecule has 0 saturated heterocycles. The highest BCUT2D eigenvalue weighted by Crippen LogP contribution is 2.48. The van der Waals surface area contributed by atoms with E-state index < -0.39 is 8.07 Å². The maximum atomic E-state index is 11.4. The van der Waals surface area contributed by atoms with Gasteiger partial charge in [0.2, 0.25) is 0 Å². The summed E-state index contributed by atoms with van der Waals surface area (Å²) >= 11 is 0. The van der Waals surface area contributed by atoms with Crippen molar-refractivity contribution in [1.29, 1.82) is 0 Å². The average molecular weight is 210 g/mol. The van der Waals surface area contributed by atoms with Gasteiger partial charge in [-0.1, -0.05) is 43.8 Å². The SMILES string of the molecule is CCCCC1=C([Si](C)(C)C)C1C(C)=O. The molecule has 0 aromatic rings. The number of hydrogen-bond donors (Lipinski definition) is 0. The van der Waals surface area contributed by atoms with Gasteiger partial charge < -0.3 is 0 Å². The van der Waals surface area contributed by atoms with E-state index in [2.05, 4.69) is 26.6 Å². The van der Waals surface area contributed by atoms with Gasteiger partial charge >= 0.3 is 0 Å². The minimum absolute atomic E-state index is 0.271. The molecule has 0 saturated carbocycles. The van der Waals surface area contributed by atoms with Crippen molar-refractivity contribution in [2.75, 3.05) is 0 Å². The molecule has 0 fully saturated rings. The second-order valence-electron chi connectivity index (χ2n) is 5.34. The maximum Gasteiger partial charge on any atom is 0.140 e. The van der Waals surface area contributed by atoms with E-state index in [1.54, 1.807) is 12.1 Å². The fraction of sp³-hybridized carbons (Fsp3) is 0.750. The van der Waals surface area contributed by atoms with Crippen molar-refractivity contribution in [3.63, 3.8) is 0 Å².